The summed E-state index contributed by atoms with van der Waals surface area (Å²) < 4.78 is 5.83. The van der Waals surface area contributed by atoms with Crippen molar-refractivity contribution >= 4 is 0 Å². The van der Waals surface area contributed by atoms with E-state index in [1.165, 1.54) is 0 Å². The standard InChI is InChI=1S/C15H21N7/c1-13(19-10-4-7-16-19)22(14(2)20-11-5-8-17-20)15(3)21-12-6-9-18-21/h4-15H,1-3H3. The lowest BCUT2D eigenvalue weighted by atomic mass is 10.3. The van der Waals surface area contributed by atoms with Crippen molar-refractivity contribution in [2.45, 2.75) is 39.3 Å². The van der Waals surface area contributed by atoms with Crippen molar-refractivity contribution < 1.29 is 0 Å². The molecule has 0 bridgehead atoms. The molecule has 0 fully saturated rings. The second-order valence-corrected chi connectivity index (χ2v) is 5.30. The van der Waals surface area contributed by atoms with Gasteiger partial charge < -0.3 is 0 Å². The van der Waals surface area contributed by atoms with E-state index in [0.29, 0.717) is 0 Å². The summed E-state index contributed by atoms with van der Waals surface area (Å²) in [5.41, 5.74) is 0. The fourth-order valence-electron chi connectivity index (χ4n) is 2.85. The predicted octanol–water partition coefficient (Wildman–Crippen LogP) is 2.53. The van der Waals surface area contributed by atoms with Crippen LogP contribution in [0.5, 0.6) is 0 Å². The maximum Gasteiger partial charge on any atom is 0.104 e. The molecule has 0 aliphatic carbocycles. The third-order valence-corrected chi connectivity index (χ3v) is 4.02. The summed E-state index contributed by atoms with van der Waals surface area (Å²) in [7, 11) is 0. The highest BCUT2D eigenvalue weighted by Gasteiger charge is 2.29. The molecule has 3 unspecified atom stereocenters. The molecule has 0 radical (unpaired) electrons. The van der Waals surface area contributed by atoms with Crippen molar-refractivity contribution in [3.05, 3.63) is 55.4 Å². The van der Waals surface area contributed by atoms with E-state index in [1.807, 2.05) is 50.8 Å². The quantitative estimate of drug-likeness (QED) is 0.702. The number of nitrogens with zero attached hydrogens (tertiary/aromatic N) is 7. The fourth-order valence-corrected chi connectivity index (χ4v) is 2.85. The Balaban J connectivity index is 1.94. The van der Waals surface area contributed by atoms with E-state index in [4.69, 9.17) is 0 Å². The molecule has 0 saturated heterocycles. The van der Waals surface area contributed by atoms with Crippen LogP contribution >= 0.6 is 0 Å². The topological polar surface area (TPSA) is 56.7 Å². The summed E-state index contributed by atoms with van der Waals surface area (Å²) >= 11 is 0. The van der Waals surface area contributed by atoms with Gasteiger partial charge in [0, 0.05) is 37.2 Å². The lowest BCUT2D eigenvalue weighted by Crippen LogP contribution is -2.40. The Kier molecular flexibility index (Phi) is 4.06. The Morgan fingerprint density at radius 1 is 0.636 bits per heavy atom. The van der Waals surface area contributed by atoms with E-state index in [2.05, 4.69) is 41.0 Å². The van der Waals surface area contributed by atoms with Gasteiger partial charge in [-0.2, -0.15) is 15.3 Å². The van der Waals surface area contributed by atoms with E-state index < -0.39 is 0 Å². The number of aromatic nitrogens is 6. The molecule has 0 amide bonds. The zero-order chi connectivity index (χ0) is 15.5. The van der Waals surface area contributed by atoms with Gasteiger partial charge in [-0.15, -0.1) is 0 Å². The minimum atomic E-state index is 0.0633. The first-order valence-corrected chi connectivity index (χ1v) is 7.43. The summed E-state index contributed by atoms with van der Waals surface area (Å²) in [5, 5.41) is 13.1. The zero-order valence-electron chi connectivity index (χ0n) is 13.1. The molecular weight excluding hydrogens is 278 g/mol. The normalized spacial score (nSPS) is 15.8. The molecule has 0 saturated carbocycles. The summed E-state index contributed by atoms with van der Waals surface area (Å²) in [6.45, 7) is 6.40. The maximum atomic E-state index is 4.38. The first-order valence-electron chi connectivity index (χ1n) is 7.43. The van der Waals surface area contributed by atoms with Gasteiger partial charge in [-0.3, -0.25) is 14.0 Å². The van der Waals surface area contributed by atoms with Gasteiger partial charge in [-0.05, 0) is 39.0 Å². The Bertz CT molecular complexity index is 561. The van der Waals surface area contributed by atoms with Gasteiger partial charge in [-0.1, -0.05) is 0 Å². The first-order chi connectivity index (χ1) is 10.7. The Morgan fingerprint density at radius 3 is 1.18 bits per heavy atom. The average Bonchev–Trinajstić information content (AvgIpc) is 3.29. The molecule has 3 atom stereocenters. The second kappa shape index (κ2) is 6.15. The van der Waals surface area contributed by atoms with Crippen molar-refractivity contribution in [1.29, 1.82) is 0 Å². The molecule has 3 rings (SSSR count). The Morgan fingerprint density at radius 2 is 0.955 bits per heavy atom. The fraction of sp³-hybridized carbons (Fsp3) is 0.400. The molecule has 22 heavy (non-hydrogen) atoms. The van der Waals surface area contributed by atoms with Gasteiger partial charge in [0.2, 0.25) is 0 Å². The van der Waals surface area contributed by atoms with Gasteiger partial charge in [-0.25, -0.2) is 4.90 Å². The van der Waals surface area contributed by atoms with Crippen LogP contribution in [0.3, 0.4) is 0 Å². The molecule has 0 N–H and O–H groups in total. The van der Waals surface area contributed by atoms with Crippen LogP contribution in [0.2, 0.25) is 0 Å². The lowest BCUT2D eigenvalue weighted by molar-refractivity contribution is -0.0185. The maximum absolute atomic E-state index is 4.38. The highest BCUT2D eigenvalue weighted by atomic mass is 15.5. The molecule has 3 aromatic heterocycles. The third kappa shape index (κ3) is 2.67. The van der Waals surface area contributed by atoms with Gasteiger partial charge in [0.05, 0.1) is 0 Å². The largest absolute Gasteiger partial charge is 0.255 e. The summed E-state index contributed by atoms with van der Waals surface area (Å²) in [4.78, 5) is 2.31. The zero-order valence-corrected chi connectivity index (χ0v) is 13.1. The van der Waals surface area contributed by atoms with E-state index in [1.54, 1.807) is 18.6 Å². The van der Waals surface area contributed by atoms with Crippen molar-refractivity contribution in [3.63, 3.8) is 0 Å². The number of hydrogen-bond acceptors (Lipinski definition) is 4. The van der Waals surface area contributed by atoms with E-state index in [-0.39, 0.29) is 18.5 Å². The van der Waals surface area contributed by atoms with Crippen LogP contribution < -0.4 is 0 Å². The first kappa shape index (κ1) is 14.5. The van der Waals surface area contributed by atoms with Gasteiger partial charge in [0.25, 0.3) is 0 Å². The van der Waals surface area contributed by atoms with Crippen molar-refractivity contribution in [1.82, 2.24) is 34.2 Å². The van der Waals surface area contributed by atoms with Crippen LogP contribution in [-0.2, 0) is 0 Å². The minimum Gasteiger partial charge on any atom is -0.255 e. The monoisotopic (exact) mass is 299 g/mol. The molecule has 7 nitrogen and oxygen atoms in total. The summed E-state index contributed by atoms with van der Waals surface area (Å²) in [5.74, 6) is 0. The van der Waals surface area contributed by atoms with E-state index in [9.17, 15) is 0 Å². The highest BCUT2D eigenvalue weighted by molar-refractivity contribution is 4.87. The van der Waals surface area contributed by atoms with Crippen LogP contribution in [0.1, 0.15) is 39.3 Å². The molecule has 0 aliphatic rings. The number of rotatable bonds is 6. The molecule has 3 aromatic rings. The molecular formula is C15H21N7. The van der Waals surface area contributed by atoms with Gasteiger partial charge >= 0.3 is 0 Å². The Hall–Kier alpha value is -2.41. The van der Waals surface area contributed by atoms with Crippen LogP contribution in [0, 0.1) is 0 Å². The molecule has 7 heteroatoms. The summed E-state index contributed by atoms with van der Waals surface area (Å²) in [6, 6.07) is 5.81. The molecule has 0 spiro atoms. The van der Waals surface area contributed by atoms with Crippen molar-refractivity contribution in [2.75, 3.05) is 0 Å². The van der Waals surface area contributed by atoms with Crippen LogP contribution in [0.15, 0.2) is 55.4 Å². The molecule has 116 valence electrons. The summed E-state index contributed by atoms with van der Waals surface area (Å²) in [6.07, 6.45) is 11.5. The number of hydrogen-bond donors (Lipinski definition) is 0. The SMILES string of the molecule is CC(N(C(C)n1cccn1)C(C)n1cccn1)n1cccn1. The molecule has 3 heterocycles. The van der Waals surface area contributed by atoms with Crippen molar-refractivity contribution in [3.8, 4) is 0 Å². The molecule has 0 aliphatic heterocycles. The van der Waals surface area contributed by atoms with E-state index >= 15 is 0 Å². The van der Waals surface area contributed by atoms with Gasteiger partial charge in [0.1, 0.15) is 18.5 Å². The predicted molar refractivity (Wildman–Crippen MR) is 82.7 cm³/mol. The van der Waals surface area contributed by atoms with Crippen LogP contribution in [0.25, 0.3) is 0 Å². The smallest absolute Gasteiger partial charge is 0.104 e. The Labute approximate surface area is 129 Å². The second-order valence-electron chi connectivity index (χ2n) is 5.30. The average molecular weight is 299 g/mol. The third-order valence-electron chi connectivity index (χ3n) is 4.02. The molecule has 0 aromatic carbocycles. The van der Waals surface area contributed by atoms with Crippen LogP contribution in [-0.4, -0.2) is 34.2 Å². The lowest BCUT2D eigenvalue weighted by Gasteiger charge is -2.38. The minimum absolute atomic E-state index is 0.0633. The van der Waals surface area contributed by atoms with E-state index in [0.717, 1.165) is 0 Å². The highest BCUT2D eigenvalue weighted by Crippen LogP contribution is 2.29. The van der Waals surface area contributed by atoms with Crippen LogP contribution in [0.4, 0.5) is 0 Å². The van der Waals surface area contributed by atoms with Crippen molar-refractivity contribution in [2.24, 2.45) is 0 Å². The van der Waals surface area contributed by atoms with Gasteiger partial charge in [0.15, 0.2) is 0 Å².